The van der Waals surface area contributed by atoms with E-state index in [9.17, 15) is 18.3 Å². The standard InChI is InChI=1S/C16H17ClN2O4S/c17-11-3-4-12-7-9-13(10-8-12)24(22,23)19-18-16(21)14-5-1-2-6-15(14)20/h1-2,5-10,19-20H,3-4,11H2,(H,18,21). The molecule has 6 nitrogen and oxygen atoms in total. The molecular formula is C16H17ClN2O4S. The monoisotopic (exact) mass is 368 g/mol. The summed E-state index contributed by atoms with van der Waals surface area (Å²) < 4.78 is 24.3. The highest BCUT2D eigenvalue weighted by Gasteiger charge is 2.17. The predicted octanol–water partition coefficient (Wildman–Crippen LogP) is 2.19. The molecule has 3 N–H and O–H groups in total. The molecule has 0 fully saturated rings. The van der Waals surface area contributed by atoms with Crippen LogP contribution in [0.25, 0.3) is 0 Å². The SMILES string of the molecule is O=C(NNS(=O)(=O)c1ccc(CCCCl)cc1)c1ccccc1O. The van der Waals surface area contributed by atoms with Crippen molar-refractivity contribution in [2.75, 3.05) is 5.88 Å². The quantitative estimate of drug-likeness (QED) is 0.515. The van der Waals surface area contributed by atoms with E-state index in [1.165, 1.54) is 24.3 Å². The van der Waals surface area contributed by atoms with Crippen LogP contribution in [0.2, 0.25) is 0 Å². The first-order valence-electron chi connectivity index (χ1n) is 7.19. The van der Waals surface area contributed by atoms with Crippen molar-refractivity contribution in [3.8, 4) is 5.75 Å². The van der Waals surface area contributed by atoms with Gasteiger partial charge in [0.2, 0.25) is 0 Å². The van der Waals surface area contributed by atoms with E-state index < -0.39 is 15.9 Å². The summed E-state index contributed by atoms with van der Waals surface area (Å²) in [6.45, 7) is 0. The van der Waals surface area contributed by atoms with E-state index in [1.54, 1.807) is 24.3 Å². The Kier molecular flexibility index (Phi) is 6.19. The predicted molar refractivity (Wildman–Crippen MR) is 91.4 cm³/mol. The topological polar surface area (TPSA) is 95.5 Å². The van der Waals surface area contributed by atoms with E-state index in [4.69, 9.17) is 11.6 Å². The van der Waals surface area contributed by atoms with Crippen LogP contribution in [0.4, 0.5) is 0 Å². The maximum Gasteiger partial charge on any atom is 0.269 e. The smallest absolute Gasteiger partial charge is 0.269 e. The fraction of sp³-hybridized carbons (Fsp3) is 0.188. The molecule has 24 heavy (non-hydrogen) atoms. The molecule has 0 aliphatic heterocycles. The summed E-state index contributed by atoms with van der Waals surface area (Å²) in [5.41, 5.74) is 3.02. The minimum atomic E-state index is -3.90. The van der Waals surface area contributed by atoms with Crippen molar-refractivity contribution in [2.45, 2.75) is 17.7 Å². The number of para-hydroxylation sites is 1. The average Bonchev–Trinajstić information content (AvgIpc) is 2.59. The highest BCUT2D eigenvalue weighted by molar-refractivity contribution is 7.89. The summed E-state index contributed by atoms with van der Waals surface area (Å²) in [6, 6.07) is 12.1. The number of aromatic hydroxyl groups is 1. The van der Waals surface area contributed by atoms with E-state index in [0.29, 0.717) is 5.88 Å². The van der Waals surface area contributed by atoms with Crippen LogP contribution in [-0.2, 0) is 16.4 Å². The Hall–Kier alpha value is -2.09. The Balaban J connectivity index is 2.03. The Morgan fingerprint density at radius 1 is 1.08 bits per heavy atom. The Morgan fingerprint density at radius 2 is 1.75 bits per heavy atom. The number of benzene rings is 2. The second-order valence-corrected chi connectivity index (χ2v) is 7.07. The molecule has 0 saturated carbocycles. The number of carbonyl (C=O) groups is 1. The lowest BCUT2D eigenvalue weighted by molar-refractivity contribution is 0.0942. The Labute approximate surface area is 145 Å². The van der Waals surface area contributed by atoms with E-state index in [1.807, 2.05) is 4.83 Å². The molecule has 2 aromatic rings. The van der Waals surface area contributed by atoms with Gasteiger partial charge in [0.15, 0.2) is 0 Å². The lowest BCUT2D eigenvalue weighted by Gasteiger charge is -2.10. The van der Waals surface area contributed by atoms with Gasteiger partial charge in [-0.2, -0.15) is 0 Å². The number of sulfonamides is 1. The van der Waals surface area contributed by atoms with Gasteiger partial charge in [0, 0.05) is 5.88 Å². The number of rotatable bonds is 7. The van der Waals surface area contributed by atoms with Gasteiger partial charge in [-0.1, -0.05) is 24.3 Å². The third kappa shape index (κ3) is 4.70. The zero-order valence-electron chi connectivity index (χ0n) is 12.7. The van der Waals surface area contributed by atoms with Gasteiger partial charge in [-0.05, 0) is 42.7 Å². The summed E-state index contributed by atoms with van der Waals surface area (Å²) >= 11 is 5.62. The molecule has 0 aliphatic carbocycles. The zero-order chi connectivity index (χ0) is 17.6. The van der Waals surface area contributed by atoms with Crippen LogP contribution in [0.1, 0.15) is 22.3 Å². The highest BCUT2D eigenvalue weighted by Crippen LogP contribution is 2.15. The molecule has 2 aromatic carbocycles. The largest absolute Gasteiger partial charge is 0.507 e. The lowest BCUT2D eigenvalue weighted by atomic mass is 10.1. The van der Waals surface area contributed by atoms with Crippen molar-refractivity contribution in [3.05, 3.63) is 59.7 Å². The summed E-state index contributed by atoms with van der Waals surface area (Å²) in [5.74, 6) is -0.451. The highest BCUT2D eigenvalue weighted by atomic mass is 35.5. The summed E-state index contributed by atoms with van der Waals surface area (Å²) in [4.78, 5) is 13.9. The van der Waals surface area contributed by atoms with Crippen LogP contribution < -0.4 is 10.3 Å². The van der Waals surface area contributed by atoms with E-state index in [-0.39, 0.29) is 16.2 Å². The van der Waals surface area contributed by atoms with Crippen molar-refractivity contribution in [1.82, 2.24) is 10.3 Å². The van der Waals surface area contributed by atoms with E-state index in [0.717, 1.165) is 18.4 Å². The van der Waals surface area contributed by atoms with Gasteiger partial charge >= 0.3 is 0 Å². The molecule has 8 heteroatoms. The molecule has 2 rings (SSSR count). The van der Waals surface area contributed by atoms with Gasteiger partial charge in [-0.3, -0.25) is 10.2 Å². The minimum absolute atomic E-state index is 0.0229. The van der Waals surface area contributed by atoms with Gasteiger partial charge in [0.1, 0.15) is 5.75 Å². The van der Waals surface area contributed by atoms with Crippen LogP contribution >= 0.6 is 11.6 Å². The summed E-state index contributed by atoms with van der Waals surface area (Å²) in [5, 5.41) is 9.58. The number of alkyl halides is 1. The van der Waals surface area contributed by atoms with Crippen molar-refractivity contribution in [2.24, 2.45) is 0 Å². The molecule has 128 valence electrons. The second kappa shape index (κ2) is 8.14. The van der Waals surface area contributed by atoms with Crippen molar-refractivity contribution >= 4 is 27.5 Å². The molecule has 0 aliphatic rings. The number of amides is 1. The van der Waals surface area contributed by atoms with Gasteiger partial charge in [-0.25, -0.2) is 8.42 Å². The van der Waals surface area contributed by atoms with Gasteiger partial charge < -0.3 is 5.11 Å². The number of aryl methyl sites for hydroxylation is 1. The third-order valence-electron chi connectivity index (χ3n) is 3.28. The Morgan fingerprint density at radius 3 is 2.38 bits per heavy atom. The molecule has 0 aromatic heterocycles. The molecular weight excluding hydrogens is 352 g/mol. The minimum Gasteiger partial charge on any atom is -0.507 e. The molecule has 0 atom stereocenters. The van der Waals surface area contributed by atoms with Crippen LogP contribution in [0.5, 0.6) is 5.75 Å². The fourth-order valence-corrected chi connectivity index (χ4v) is 2.98. The zero-order valence-corrected chi connectivity index (χ0v) is 14.3. The number of nitrogens with one attached hydrogen (secondary N) is 2. The second-order valence-electron chi connectivity index (χ2n) is 5.01. The molecule has 0 radical (unpaired) electrons. The van der Waals surface area contributed by atoms with Gasteiger partial charge in [0.05, 0.1) is 10.5 Å². The maximum atomic E-state index is 12.2. The molecule has 0 saturated heterocycles. The van der Waals surface area contributed by atoms with Crippen LogP contribution in [0.15, 0.2) is 53.4 Å². The molecule has 0 unspecified atom stereocenters. The van der Waals surface area contributed by atoms with Crippen LogP contribution in [0, 0.1) is 0 Å². The van der Waals surface area contributed by atoms with Crippen molar-refractivity contribution < 1.29 is 18.3 Å². The molecule has 1 amide bonds. The lowest BCUT2D eigenvalue weighted by Crippen LogP contribution is -2.41. The number of carbonyl (C=O) groups excluding carboxylic acids is 1. The van der Waals surface area contributed by atoms with E-state index >= 15 is 0 Å². The molecule has 0 heterocycles. The first kappa shape index (κ1) is 18.3. The van der Waals surface area contributed by atoms with Crippen LogP contribution in [0.3, 0.4) is 0 Å². The third-order valence-corrected chi connectivity index (χ3v) is 4.81. The normalized spacial score (nSPS) is 11.2. The number of phenolic OH excluding ortho intramolecular Hbond substituents is 1. The first-order valence-corrected chi connectivity index (χ1v) is 9.21. The molecule has 0 spiro atoms. The number of hydrazine groups is 1. The van der Waals surface area contributed by atoms with Gasteiger partial charge in [-0.15, -0.1) is 16.4 Å². The van der Waals surface area contributed by atoms with Crippen LogP contribution in [-0.4, -0.2) is 25.3 Å². The molecule has 0 bridgehead atoms. The number of phenols is 1. The number of hydrogen-bond donors (Lipinski definition) is 3. The Bertz CT molecular complexity index is 807. The van der Waals surface area contributed by atoms with Crippen molar-refractivity contribution in [1.29, 1.82) is 0 Å². The summed E-state index contributed by atoms with van der Waals surface area (Å²) in [6.07, 6.45) is 1.57. The van der Waals surface area contributed by atoms with Gasteiger partial charge in [0.25, 0.3) is 15.9 Å². The van der Waals surface area contributed by atoms with Crippen molar-refractivity contribution in [3.63, 3.8) is 0 Å². The first-order chi connectivity index (χ1) is 11.4. The maximum absolute atomic E-state index is 12.2. The average molecular weight is 369 g/mol. The fourth-order valence-electron chi connectivity index (χ4n) is 2.01. The number of halogens is 1. The number of hydrogen-bond acceptors (Lipinski definition) is 4. The van der Waals surface area contributed by atoms with E-state index in [2.05, 4.69) is 5.43 Å². The summed E-state index contributed by atoms with van der Waals surface area (Å²) in [7, 11) is -3.90.